The highest BCUT2D eigenvalue weighted by Crippen LogP contribution is 2.37. The molecule has 0 bridgehead atoms. The van der Waals surface area contributed by atoms with Crippen molar-refractivity contribution >= 4 is 11.4 Å². The van der Waals surface area contributed by atoms with Crippen LogP contribution < -0.4 is 4.90 Å². The highest BCUT2D eigenvalue weighted by Gasteiger charge is 2.36. The predicted octanol–water partition coefficient (Wildman–Crippen LogP) is 2.08. The summed E-state index contributed by atoms with van der Waals surface area (Å²) in [6.45, 7) is 2.11. The Kier molecular flexibility index (Phi) is 3.66. The normalized spacial score (nSPS) is 22.8. The van der Waals surface area contributed by atoms with E-state index < -0.39 is 22.2 Å². The Morgan fingerprint density at radius 2 is 2.21 bits per heavy atom. The maximum Gasteiger partial charge on any atom is 0.328 e. The molecule has 2 unspecified atom stereocenters. The zero-order valence-electron chi connectivity index (χ0n) is 10.3. The third-order valence-electron chi connectivity index (χ3n) is 3.57. The highest BCUT2D eigenvalue weighted by molar-refractivity contribution is 5.65. The van der Waals surface area contributed by atoms with Crippen LogP contribution in [0.5, 0.6) is 0 Å². The van der Waals surface area contributed by atoms with Crippen LogP contribution in [0.3, 0.4) is 0 Å². The molecule has 0 aromatic heterocycles. The smallest absolute Gasteiger partial charge is 0.328 e. The fourth-order valence-corrected chi connectivity index (χ4v) is 2.54. The van der Waals surface area contributed by atoms with Gasteiger partial charge in [0.15, 0.2) is 0 Å². The first-order chi connectivity index (χ1) is 8.95. The number of halogens is 2. The van der Waals surface area contributed by atoms with Crippen molar-refractivity contribution < 1.29 is 18.8 Å². The molecule has 0 saturated carbocycles. The molecule has 2 rings (SSSR count). The van der Waals surface area contributed by atoms with Crippen LogP contribution in [0.2, 0.25) is 0 Å². The number of rotatable bonds is 3. The molecule has 2 atom stereocenters. The number of nitro groups is 1. The SMILES string of the molecule is CC1CCN(c2cc(F)cc(F)c2[N+](=O)[O-])C1CO. The number of hydrogen-bond acceptors (Lipinski definition) is 4. The summed E-state index contributed by atoms with van der Waals surface area (Å²) in [6, 6.07) is 1.08. The van der Waals surface area contributed by atoms with Crippen LogP contribution in [-0.4, -0.2) is 29.2 Å². The van der Waals surface area contributed by atoms with E-state index in [1.165, 1.54) is 4.90 Å². The molecule has 7 heteroatoms. The first-order valence-electron chi connectivity index (χ1n) is 5.96. The molecule has 1 aliphatic heterocycles. The van der Waals surface area contributed by atoms with E-state index in [4.69, 9.17) is 0 Å². The Labute approximate surface area is 108 Å². The van der Waals surface area contributed by atoms with Crippen molar-refractivity contribution in [2.75, 3.05) is 18.1 Å². The molecular weight excluding hydrogens is 258 g/mol. The van der Waals surface area contributed by atoms with Gasteiger partial charge in [-0.3, -0.25) is 10.1 Å². The van der Waals surface area contributed by atoms with Crippen molar-refractivity contribution in [1.82, 2.24) is 0 Å². The Morgan fingerprint density at radius 1 is 1.53 bits per heavy atom. The molecule has 1 N–H and O–H groups in total. The van der Waals surface area contributed by atoms with Gasteiger partial charge < -0.3 is 10.0 Å². The maximum atomic E-state index is 13.6. The first kappa shape index (κ1) is 13.7. The topological polar surface area (TPSA) is 66.6 Å². The van der Waals surface area contributed by atoms with Gasteiger partial charge in [-0.1, -0.05) is 6.92 Å². The minimum Gasteiger partial charge on any atom is -0.394 e. The molecule has 0 spiro atoms. The van der Waals surface area contributed by atoms with Crippen molar-refractivity contribution in [3.63, 3.8) is 0 Å². The van der Waals surface area contributed by atoms with Gasteiger partial charge in [-0.25, -0.2) is 4.39 Å². The minimum atomic E-state index is -1.20. The quantitative estimate of drug-likeness (QED) is 0.675. The Balaban J connectivity index is 2.52. The Bertz CT molecular complexity index is 510. The van der Waals surface area contributed by atoms with Crippen molar-refractivity contribution in [3.8, 4) is 0 Å². The Morgan fingerprint density at radius 3 is 2.79 bits per heavy atom. The lowest BCUT2D eigenvalue weighted by atomic mass is 10.0. The number of aliphatic hydroxyl groups excluding tert-OH is 1. The Hall–Kier alpha value is -1.76. The van der Waals surface area contributed by atoms with Gasteiger partial charge in [0.25, 0.3) is 0 Å². The van der Waals surface area contributed by atoms with Crippen LogP contribution in [0.4, 0.5) is 20.2 Å². The summed E-state index contributed by atoms with van der Waals surface area (Å²) in [6.07, 6.45) is 0.709. The largest absolute Gasteiger partial charge is 0.394 e. The van der Waals surface area contributed by atoms with Crippen molar-refractivity contribution in [2.45, 2.75) is 19.4 Å². The minimum absolute atomic E-state index is 0.106. The van der Waals surface area contributed by atoms with Gasteiger partial charge in [0.2, 0.25) is 5.82 Å². The monoisotopic (exact) mass is 272 g/mol. The van der Waals surface area contributed by atoms with Crippen molar-refractivity contribution in [3.05, 3.63) is 33.9 Å². The molecule has 5 nitrogen and oxygen atoms in total. The summed E-state index contributed by atoms with van der Waals surface area (Å²) in [5, 5.41) is 20.3. The molecule has 1 saturated heterocycles. The summed E-state index contributed by atoms with van der Waals surface area (Å²) < 4.78 is 26.9. The highest BCUT2D eigenvalue weighted by atomic mass is 19.1. The van der Waals surface area contributed by atoms with E-state index in [0.717, 1.165) is 6.07 Å². The first-order valence-corrected chi connectivity index (χ1v) is 5.96. The zero-order valence-corrected chi connectivity index (χ0v) is 10.3. The van der Waals surface area contributed by atoms with Gasteiger partial charge in [0, 0.05) is 18.7 Å². The fraction of sp³-hybridized carbons (Fsp3) is 0.500. The van der Waals surface area contributed by atoms with Crippen molar-refractivity contribution in [1.29, 1.82) is 0 Å². The van der Waals surface area contributed by atoms with E-state index >= 15 is 0 Å². The average Bonchev–Trinajstić information content (AvgIpc) is 2.68. The van der Waals surface area contributed by atoms with Gasteiger partial charge in [-0.2, -0.15) is 4.39 Å². The van der Waals surface area contributed by atoms with Gasteiger partial charge in [0.05, 0.1) is 17.6 Å². The summed E-state index contributed by atoms with van der Waals surface area (Å²) in [5.41, 5.74) is -0.847. The van der Waals surface area contributed by atoms with Crippen LogP contribution in [0.15, 0.2) is 12.1 Å². The van der Waals surface area contributed by atoms with Crippen LogP contribution in [-0.2, 0) is 0 Å². The fourth-order valence-electron chi connectivity index (χ4n) is 2.54. The predicted molar refractivity (Wildman–Crippen MR) is 65.0 cm³/mol. The molecule has 19 heavy (non-hydrogen) atoms. The molecule has 0 aliphatic carbocycles. The molecule has 1 aliphatic rings. The van der Waals surface area contributed by atoms with E-state index in [2.05, 4.69) is 0 Å². The lowest BCUT2D eigenvalue weighted by Crippen LogP contribution is -2.35. The van der Waals surface area contributed by atoms with E-state index in [0.29, 0.717) is 19.0 Å². The number of nitrogens with zero attached hydrogens (tertiary/aromatic N) is 2. The van der Waals surface area contributed by atoms with Gasteiger partial charge >= 0.3 is 5.69 Å². The third kappa shape index (κ3) is 2.37. The molecule has 1 heterocycles. The van der Waals surface area contributed by atoms with E-state index in [1.54, 1.807) is 0 Å². The summed E-state index contributed by atoms with van der Waals surface area (Å²) in [7, 11) is 0. The standard InChI is InChI=1S/C12H14F2N2O3/c1-7-2-3-15(11(7)6-17)10-5-8(13)4-9(14)12(10)16(18)19/h4-5,7,11,17H,2-3,6H2,1H3. The van der Waals surface area contributed by atoms with E-state index in [1.807, 2.05) is 6.92 Å². The molecule has 1 aromatic carbocycles. The second-order valence-corrected chi connectivity index (χ2v) is 4.72. The number of anilines is 1. The molecule has 0 amide bonds. The third-order valence-corrected chi connectivity index (χ3v) is 3.57. The van der Waals surface area contributed by atoms with E-state index in [-0.39, 0.29) is 24.3 Å². The van der Waals surface area contributed by atoms with Crippen LogP contribution >= 0.6 is 0 Å². The van der Waals surface area contributed by atoms with Gasteiger partial charge in [-0.05, 0) is 12.3 Å². The lowest BCUT2D eigenvalue weighted by molar-refractivity contribution is -0.386. The summed E-state index contributed by atoms with van der Waals surface area (Å²) in [4.78, 5) is 11.6. The number of benzene rings is 1. The van der Waals surface area contributed by atoms with Gasteiger partial charge in [0.1, 0.15) is 11.5 Å². The van der Waals surface area contributed by atoms with Gasteiger partial charge in [-0.15, -0.1) is 0 Å². The summed E-state index contributed by atoms with van der Waals surface area (Å²) >= 11 is 0. The molecular formula is C12H14F2N2O3. The second-order valence-electron chi connectivity index (χ2n) is 4.72. The van der Waals surface area contributed by atoms with E-state index in [9.17, 15) is 24.0 Å². The van der Waals surface area contributed by atoms with Crippen LogP contribution in [0.1, 0.15) is 13.3 Å². The lowest BCUT2D eigenvalue weighted by Gasteiger charge is -2.27. The molecule has 1 aromatic rings. The molecule has 0 radical (unpaired) electrons. The zero-order chi connectivity index (χ0) is 14.2. The number of nitro benzene ring substituents is 1. The number of aliphatic hydroxyl groups is 1. The maximum absolute atomic E-state index is 13.6. The number of hydrogen-bond donors (Lipinski definition) is 1. The molecule has 1 fully saturated rings. The van der Waals surface area contributed by atoms with Crippen LogP contribution in [0, 0.1) is 27.7 Å². The summed E-state index contributed by atoms with van der Waals surface area (Å²) in [5.74, 6) is -1.96. The molecule has 104 valence electrons. The average molecular weight is 272 g/mol. The van der Waals surface area contributed by atoms with Crippen LogP contribution in [0.25, 0.3) is 0 Å². The second kappa shape index (κ2) is 5.08. The van der Waals surface area contributed by atoms with Crippen molar-refractivity contribution in [2.24, 2.45) is 5.92 Å².